The van der Waals surface area contributed by atoms with E-state index in [1.165, 1.54) is 42.6 Å². The fourth-order valence-corrected chi connectivity index (χ4v) is 2.69. The average molecular weight is 232 g/mol. The van der Waals surface area contributed by atoms with Crippen LogP contribution in [0.2, 0.25) is 0 Å². The summed E-state index contributed by atoms with van der Waals surface area (Å²) in [7, 11) is 2.20. The first kappa shape index (κ1) is 12.4. The number of likely N-dealkylation sites (N-methyl/N-ethyl adjacent to an activating group) is 1. The van der Waals surface area contributed by atoms with Crippen LogP contribution in [-0.4, -0.2) is 26.2 Å². The van der Waals surface area contributed by atoms with Crippen LogP contribution in [0.4, 0.5) is 5.69 Å². The van der Waals surface area contributed by atoms with E-state index in [0.717, 1.165) is 6.54 Å². The highest BCUT2D eigenvalue weighted by Gasteiger charge is 2.14. The van der Waals surface area contributed by atoms with Gasteiger partial charge in [0.05, 0.1) is 0 Å². The lowest BCUT2D eigenvalue weighted by Gasteiger charge is -2.29. The summed E-state index contributed by atoms with van der Waals surface area (Å²) < 4.78 is 0. The summed E-state index contributed by atoms with van der Waals surface area (Å²) in [6.07, 6.45) is 4.03. The van der Waals surface area contributed by atoms with Crippen LogP contribution < -0.4 is 10.2 Å². The topological polar surface area (TPSA) is 15.3 Å². The molecule has 94 valence electrons. The van der Waals surface area contributed by atoms with E-state index in [4.69, 9.17) is 0 Å². The van der Waals surface area contributed by atoms with E-state index in [9.17, 15) is 0 Å². The van der Waals surface area contributed by atoms with Gasteiger partial charge >= 0.3 is 0 Å². The molecule has 2 heteroatoms. The fourth-order valence-electron chi connectivity index (χ4n) is 2.69. The summed E-state index contributed by atoms with van der Waals surface area (Å²) in [4.78, 5) is 2.38. The second-order valence-corrected chi connectivity index (χ2v) is 5.37. The fraction of sp³-hybridized carbons (Fsp3) is 0.600. The number of nitrogens with zero attached hydrogens (tertiary/aromatic N) is 1. The highest BCUT2D eigenvalue weighted by molar-refractivity contribution is 5.50. The molecule has 0 radical (unpaired) electrons. The standard InChI is InChI=1S/C15H24N2/c1-12-8-13(2)10-15(9-12)17(3)11-14-6-4-5-7-16-14/h8-10,14,16H,4-7,11H2,1-3H3. The summed E-state index contributed by atoms with van der Waals surface area (Å²) in [5.74, 6) is 0. The SMILES string of the molecule is Cc1cc(C)cc(N(C)CC2CCCCN2)c1. The van der Waals surface area contributed by atoms with Gasteiger partial charge in [0.25, 0.3) is 0 Å². The molecule has 1 heterocycles. The van der Waals surface area contributed by atoms with E-state index in [1.54, 1.807) is 0 Å². The van der Waals surface area contributed by atoms with Gasteiger partial charge in [-0.2, -0.15) is 0 Å². The van der Waals surface area contributed by atoms with Crippen LogP contribution in [0.15, 0.2) is 18.2 Å². The Kier molecular flexibility index (Phi) is 4.06. The molecule has 1 atom stereocenters. The Morgan fingerprint density at radius 1 is 1.18 bits per heavy atom. The van der Waals surface area contributed by atoms with Crippen molar-refractivity contribution in [2.75, 3.05) is 25.0 Å². The van der Waals surface area contributed by atoms with E-state index in [-0.39, 0.29) is 0 Å². The summed E-state index contributed by atoms with van der Waals surface area (Å²) >= 11 is 0. The number of hydrogen-bond donors (Lipinski definition) is 1. The monoisotopic (exact) mass is 232 g/mol. The van der Waals surface area contributed by atoms with E-state index < -0.39 is 0 Å². The van der Waals surface area contributed by atoms with Crippen molar-refractivity contribution < 1.29 is 0 Å². The highest BCUT2D eigenvalue weighted by atomic mass is 15.1. The Morgan fingerprint density at radius 3 is 2.47 bits per heavy atom. The first-order valence-electron chi connectivity index (χ1n) is 6.68. The van der Waals surface area contributed by atoms with Crippen molar-refractivity contribution in [2.45, 2.75) is 39.2 Å². The minimum Gasteiger partial charge on any atom is -0.373 e. The number of aryl methyl sites for hydroxylation is 2. The number of benzene rings is 1. The zero-order valence-corrected chi connectivity index (χ0v) is 11.3. The molecule has 1 fully saturated rings. The van der Waals surface area contributed by atoms with Gasteiger partial charge in [0.15, 0.2) is 0 Å². The number of anilines is 1. The summed E-state index contributed by atoms with van der Waals surface area (Å²) in [6.45, 7) is 6.64. The molecule has 1 aromatic carbocycles. The van der Waals surface area contributed by atoms with Gasteiger partial charge < -0.3 is 10.2 Å². The molecule has 1 aliphatic heterocycles. The van der Waals surface area contributed by atoms with Crippen LogP contribution in [-0.2, 0) is 0 Å². The van der Waals surface area contributed by atoms with Crippen LogP contribution in [0.25, 0.3) is 0 Å². The minimum absolute atomic E-state index is 0.662. The van der Waals surface area contributed by atoms with Gasteiger partial charge in [0.2, 0.25) is 0 Å². The predicted octanol–water partition coefficient (Wildman–Crippen LogP) is 2.88. The smallest absolute Gasteiger partial charge is 0.0369 e. The van der Waals surface area contributed by atoms with Crippen LogP contribution >= 0.6 is 0 Å². The molecular formula is C15H24N2. The van der Waals surface area contributed by atoms with Gasteiger partial charge in [-0.15, -0.1) is 0 Å². The molecule has 1 aromatic rings. The third kappa shape index (κ3) is 3.47. The van der Waals surface area contributed by atoms with E-state index in [0.29, 0.717) is 6.04 Å². The number of hydrogen-bond acceptors (Lipinski definition) is 2. The van der Waals surface area contributed by atoms with Crippen molar-refractivity contribution in [1.29, 1.82) is 0 Å². The molecule has 17 heavy (non-hydrogen) atoms. The maximum absolute atomic E-state index is 3.61. The maximum Gasteiger partial charge on any atom is 0.0369 e. The van der Waals surface area contributed by atoms with E-state index in [2.05, 4.69) is 49.3 Å². The van der Waals surface area contributed by atoms with Gasteiger partial charge in [-0.05, 0) is 56.5 Å². The summed E-state index contributed by atoms with van der Waals surface area (Å²) in [5, 5.41) is 3.61. The Hall–Kier alpha value is -1.02. The number of nitrogens with one attached hydrogen (secondary N) is 1. The molecule has 0 aliphatic carbocycles. The van der Waals surface area contributed by atoms with E-state index in [1.807, 2.05) is 0 Å². The van der Waals surface area contributed by atoms with Gasteiger partial charge in [-0.3, -0.25) is 0 Å². The van der Waals surface area contributed by atoms with E-state index >= 15 is 0 Å². The molecule has 0 spiro atoms. The molecule has 0 aromatic heterocycles. The molecule has 1 saturated heterocycles. The second-order valence-electron chi connectivity index (χ2n) is 5.37. The van der Waals surface area contributed by atoms with Crippen LogP contribution in [0, 0.1) is 13.8 Å². The average Bonchev–Trinajstić information content (AvgIpc) is 2.29. The normalized spacial score (nSPS) is 20.3. The van der Waals surface area contributed by atoms with Crippen molar-refractivity contribution in [3.63, 3.8) is 0 Å². The number of piperidine rings is 1. The van der Waals surface area contributed by atoms with Crippen molar-refractivity contribution >= 4 is 5.69 Å². The molecule has 1 unspecified atom stereocenters. The van der Waals surface area contributed by atoms with Crippen molar-refractivity contribution in [3.8, 4) is 0 Å². The molecular weight excluding hydrogens is 208 g/mol. The summed E-state index contributed by atoms with van der Waals surface area (Å²) in [5.41, 5.74) is 4.04. The van der Waals surface area contributed by atoms with Gasteiger partial charge in [0, 0.05) is 25.3 Å². The molecule has 1 aliphatic rings. The third-order valence-electron chi connectivity index (χ3n) is 3.55. The maximum atomic E-state index is 3.61. The van der Waals surface area contributed by atoms with Crippen molar-refractivity contribution in [1.82, 2.24) is 5.32 Å². The van der Waals surface area contributed by atoms with Crippen molar-refractivity contribution in [2.24, 2.45) is 0 Å². The van der Waals surface area contributed by atoms with Crippen LogP contribution in [0.5, 0.6) is 0 Å². The first-order valence-corrected chi connectivity index (χ1v) is 6.68. The second kappa shape index (κ2) is 5.54. The highest BCUT2D eigenvalue weighted by Crippen LogP contribution is 2.19. The van der Waals surface area contributed by atoms with Crippen molar-refractivity contribution in [3.05, 3.63) is 29.3 Å². The first-order chi connectivity index (χ1) is 8.15. The Bertz CT molecular complexity index is 347. The Morgan fingerprint density at radius 2 is 1.88 bits per heavy atom. The lowest BCUT2D eigenvalue weighted by molar-refractivity contribution is 0.403. The molecule has 0 saturated carbocycles. The molecule has 1 N–H and O–H groups in total. The number of rotatable bonds is 3. The third-order valence-corrected chi connectivity index (χ3v) is 3.55. The summed E-state index contributed by atoms with van der Waals surface area (Å²) in [6, 6.07) is 7.44. The zero-order chi connectivity index (χ0) is 12.3. The molecule has 0 amide bonds. The molecule has 2 rings (SSSR count). The zero-order valence-electron chi connectivity index (χ0n) is 11.3. The van der Waals surface area contributed by atoms with Crippen LogP contribution in [0.3, 0.4) is 0 Å². The Balaban J connectivity index is 2.00. The van der Waals surface area contributed by atoms with Gasteiger partial charge in [0.1, 0.15) is 0 Å². The van der Waals surface area contributed by atoms with Gasteiger partial charge in [-0.25, -0.2) is 0 Å². The Labute approximate surface area is 105 Å². The van der Waals surface area contributed by atoms with Gasteiger partial charge in [-0.1, -0.05) is 12.5 Å². The lowest BCUT2D eigenvalue weighted by atomic mass is 10.0. The predicted molar refractivity (Wildman–Crippen MR) is 74.8 cm³/mol. The quantitative estimate of drug-likeness (QED) is 0.862. The minimum atomic E-state index is 0.662. The van der Waals surface area contributed by atoms with Crippen LogP contribution in [0.1, 0.15) is 30.4 Å². The largest absolute Gasteiger partial charge is 0.373 e. The molecule has 0 bridgehead atoms. The molecule has 2 nitrogen and oxygen atoms in total. The lowest BCUT2D eigenvalue weighted by Crippen LogP contribution is -2.42.